The monoisotopic (exact) mass is 500 g/mol. The van der Waals surface area contributed by atoms with Crippen LogP contribution in [-0.4, -0.2) is 37.7 Å². The Kier molecular flexibility index (Phi) is 16.7. The van der Waals surface area contributed by atoms with E-state index in [0.717, 1.165) is 37.9 Å². The minimum absolute atomic E-state index is 0.135. The van der Waals surface area contributed by atoms with Crippen LogP contribution in [0.5, 0.6) is 0 Å². The minimum Gasteiger partial charge on any atom is -0.465 e. The van der Waals surface area contributed by atoms with Gasteiger partial charge in [-0.05, 0) is 44.0 Å². The quantitative estimate of drug-likeness (QED) is 0.144. The SMILES string of the molecule is CCOC(=O)CNC(=O)c1ccc(NCCCCCCCCCCCCCCCC(F)(F)F)cc1. The van der Waals surface area contributed by atoms with Crippen LogP contribution in [0.1, 0.15) is 107 Å². The normalized spacial score (nSPS) is 11.3. The van der Waals surface area contributed by atoms with Crippen LogP contribution < -0.4 is 10.6 Å². The van der Waals surface area contributed by atoms with Crippen molar-refractivity contribution >= 4 is 17.6 Å². The third kappa shape index (κ3) is 17.8. The first-order valence-electron chi connectivity index (χ1n) is 13.2. The van der Waals surface area contributed by atoms with Gasteiger partial charge in [0.15, 0.2) is 0 Å². The Morgan fingerprint density at radius 3 is 1.74 bits per heavy atom. The van der Waals surface area contributed by atoms with Crippen molar-refractivity contribution in [1.29, 1.82) is 0 Å². The van der Waals surface area contributed by atoms with Crippen LogP contribution in [0.2, 0.25) is 0 Å². The summed E-state index contributed by atoms with van der Waals surface area (Å²) in [7, 11) is 0. The zero-order chi connectivity index (χ0) is 25.8. The fourth-order valence-corrected chi connectivity index (χ4v) is 3.83. The maximum absolute atomic E-state index is 12.1. The van der Waals surface area contributed by atoms with E-state index in [1.54, 1.807) is 19.1 Å². The van der Waals surface area contributed by atoms with Gasteiger partial charge in [-0.15, -0.1) is 0 Å². The molecule has 200 valence electrons. The highest BCUT2D eigenvalue weighted by Gasteiger charge is 2.25. The summed E-state index contributed by atoms with van der Waals surface area (Å²) in [5.41, 5.74) is 1.47. The van der Waals surface area contributed by atoms with Crippen molar-refractivity contribution in [2.75, 3.05) is 25.0 Å². The molecule has 1 aromatic carbocycles. The van der Waals surface area contributed by atoms with Crippen LogP contribution in [0, 0.1) is 0 Å². The number of halogens is 3. The number of carbonyl (C=O) groups excluding carboxylic acids is 2. The van der Waals surface area contributed by atoms with Gasteiger partial charge in [-0.3, -0.25) is 9.59 Å². The summed E-state index contributed by atoms with van der Waals surface area (Å²) in [6.45, 7) is 2.76. The van der Waals surface area contributed by atoms with Gasteiger partial charge in [0, 0.05) is 24.2 Å². The number of alkyl halides is 3. The van der Waals surface area contributed by atoms with Crippen molar-refractivity contribution in [1.82, 2.24) is 5.32 Å². The number of rotatable bonds is 20. The lowest BCUT2D eigenvalue weighted by molar-refractivity contribution is -0.141. The van der Waals surface area contributed by atoms with Crippen LogP contribution >= 0.6 is 0 Å². The van der Waals surface area contributed by atoms with E-state index in [1.807, 2.05) is 12.1 Å². The number of unbranched alkanes of at least 4 members (excludes halogenated alkanes) is 12. The van der Waals surface area contributed by atoms with Gasteiger partial charge in [0.05, 0.1) is 6.61 Å². The molecule has 0 unspecified atom stereocenters. The van der Waals surface area contributed by atoms with E-state index in [4.69, 9.17) is 4.74 Å². The van der Waals surface area contributed by atoms with Gasteiger partial charge in [-0.1, -0.05) is 70.6 Å². The van der Waals surface area contributed by atoms with E-state index < -0.39 is 18.6 Å². The summed E-state index contributed by atoms with van der Waals surface area (Å²) in [4.78, 5) is 23.3. The van der Waals surface area contributed by atoms with Crippen molar-refractivity contribution in [2.24, 2.45) is 0 Å². The van der Waals surface area contributed by atoms with E-state index in [1.165, 1.54) is 44.9 Å². The molecule has 8 heteroatoms. The molecule has 35 heavy (non-hydrogen) atoms. The van der Waals surface area contributed by atoms with E-state index in [0.29, 0.717) is 18.6 Å². The molecule has 0 saturated carbocycles. The van der Waals surface area contributed by atoms with E-state index in [9.17, 15) is 22.8 Å². The average Bonchev–Trinajstić information content (AvgIpc) is 2.82. The summed E-state index contributed by atoms with van der Waals surface area (Å²) in [6.07, 6.45) is 9.06. The van der Waals surface area contributed by atoms with E-state index >= 15 is 0 Å². The Balaban J connectivity index is 1.92. The summed E-state index contributed by atoms with van der Waals surface area (Å²) in [5.74, 6) is -0.752. The van der Waals surface area contributed by atoms with Crippen LogP contribution in [-0.2, 0) is 9.53 Å². The Bertz CT molecular complexity index is 694. The van der Waals surface area contributed by atoms with Crippen molar-refractivity contribution < 1.29 is 27.5 Å². The standard InChI is InChI=1S/C27H43F3N2O3/c1-2-35-25(33)22-32-26(34)23-16-18-24(19-17-23)31-21-15-13-11-9-7-5-3-4-6-8-10-12-14-20-27(28,29)30/h16-19,31H,2-15,20-22H2,1H3,(H,32,34). The maximum Gasteiger partial charge on any atom is 0.389 e. The predicted molar refractivity (Wildman–Crippen MR) is 135 cm³/mol. The van der Waals surface area contributed by atoms with Crippen molar-refractivity contribution in [2.45, 2.75) is 103 Å². The molecule has 5 nitrogen and oxygen atoms in total. The van der Waals surface area contributed by atoms with Gasteiger partial charge in [-0.2, -0.15) is 13.2 Å². The van der Waals surface area contributed by atoms with Crippen molar-refractivity contribution in [3.63, 3.8) is 0 Å². The third-order valence-electron chi connectivity index (χ3n) is 5.81. The highest BCUT2D eigenvalue weighted by Crippen LogP contribution is 2.23. The molecule has 0 spiro atoms. The number of anilines is 1. The third-order valence-corrected chi connectivity index (χ3v) is 5.81. The Morgan fingerprint density at radius 1 is 0.771 bits per heavy atom. The zero-order valence-electron chi connectivity index (χ0n) is 21.2. The number of esters is 1. The number of amides is 1. The molecule has 0 aliphatic rings. The lowest BCUT2D eigenvalue weighted by atomic mass is 10.0. The second-order valence-corrected chi connectivity index (χ2v) is 8.95. The molecule has 0 fully saturated rings. The smallest absolute Gasteiger partial charge is 0.389 e. The second kappa shape index (κ2) is 19.0. The number of hydrogen-bond donors (Lipinski definition) is 2. The van der Waals surface area contributed by atoms with Gasteiger partial charge in [0.2, 0.25) is 0 Å². The molecule has 0 aliphatic heterocycles. The Hall–Kier alpha value is -2.25. The second-order valence-electron chi connectivity index (χ2n) is 8.95. The van der Waals surface area contributed by atoms with Crippen LogP contribution in [0.25, 0.3) is 0 Å². The maximum atomic E-state index is 12.1. The predicted octanol–water partition coefficient (Wildman–Crippen LogP) is 7.42. The van der Waals surface area contributed by atoms with Gasteiger partial charge in [-0.25, -0.2) is 0 Å². The number of nitrogens with one attached hydrogen (secondary N) is 2. The molecular formula is C27H43F3N2O3. The van der Waals surface area contributed by atoms with Crippen molar-refractivity contribution in [3.8, 4) is 0 Å². The molecular weight excluding hydrogens is 457 g/mol. The zero-order valence-corrected chi connectivity index (χ0v) is 21.2. The van der Waals surface area contributed by atoms with Crippen LogP contribution in [0.15, 0.2) is 24.3 Å². The summed E-state index contributed by atoms with van der Waals surface area (Å²) in [6, 6.07) is 7.19. The molecule has 1 rings (SSSR count). The van der Waals surface area contributed by atoms with Crippen LogP contribution in [0.4, 0.5) is 18.9 Å². The first kappa shape index (κ1) is 30.8. The largest absolute Gasteiger partial charge is 0.465 e. The topological polar surface area (TPSA) is 67.4 Å². The van der Waals surface area contributed by atoms with Crippen molar-refractivity contribution in [3.05, 3.63) is 29.8 Å². The molecule has 1 amide bonds. The Morgan fingerprint density at radius 2 is 1.26 bits per heavy atom. The van der Waals surface area contributed by atoms with Gasteiger partial charge >= 0.3 is 12.1 Å². The van der Waals surface area contributed by atoms with E-state index in [2.05, 4.69) is 10.6 Å². The van der Waals surface area contributed by atoms with Gasteiger partial charge in [0.1, 0.15) is 6.54 Å². The highest BCUT2D eigenvalue weighted by atomic mass is 19.4. The summed E-state index contributed by atoms with van der Waals surface area (Å²) >= 11 is 0. The molecule has 0 saturated heterocycles. The number of benzene rings is 1. The van der Waals surface area contributed by atoms with Crippen LogP contribution in [0.3, 0.4) is 0 Å². The first-order chi connectivity index (χ1) is 16.8. The molecule has 0 aliphatic carbocycles. The van der Waals surface area contributed by atoms with E-state index in [-0.39, 0.29) is 18.9 Å². The molecule has 0 heterocycles. The van der Waals surface area contributed by atoms with Gasteiger partial charge in [0.25, 0.3) is 5.91 Å². The minimum atomic E-state index is -4.00. The number of hydrogen-bond acceptors (Lipinski definition) is 4. The number of carbonyl (C=O) groups is 2. The summed E-state index contributed by atoms with van der Waals surface area (Å²) in [5, 5.41) is 5.91. The fraction of sp³-hybridized carbons (Fsp3) is 0.704. The molecule has 2 N–H and O–H groups in total. The molecule has 0 radical (unpaired) electrons. The molecule has 0 atom stereocenters. The first-order valence-corrected chi connectivity index (χ1v) is 13.2. The lowest BCUT2D eigenvalue weighted by Gasteiger charge is -2.08. The molecule has 1 aromatic rings. The molecule has 0 aromatic heterocycles. The summed E-state index contributed by atoms with van der Waals surface area (Å²) < 4.78 is 40.9. The fourth-order valence-electron chi connectivity index (χ4n) is 3.83. The van der Waals surface area contributed by atoms with Gasteiger partial charge < -0.3 is 15.4 Å². The lowest BCUT2D eigenvalue weighted by Crippen LogP contribution is -2.30. The Labute approximate surface area is 208 Å². The average molecular weight is 501 g/mol. The number of ether oxygens (including phenoxy) is 1. The molecule has 0 bridgehead atoms. The highest BCUT2D eigenvalue weighted by molar-refractivity contribution is 5.96.